The van der Waals surface area contributed by atoms with Crippen molar-refractivity contribution in [1.82, 2.24) is 15.0 Å². The van der Waals surface area contributed by atoms with Gasteiger partial charge in [0.2, 0.25) is 11.9 Å². The molecule has 2 heterocycles. The van der Waals surface area contributed by atoms with Crippen LogP contribution in [0.2, 0.25) is 0 Å². The lowest BCUT2D eigenvalue weighted by molar-refractivity contribution is -0.179. The molecule has 1 fully saturated rings. The molecule has 1 aromatic heterocycles. The number of anilines is 2. The summed E-state index contributed by atoms with van der Waals surface area (Å²) >= 11 is 0. The van der Waals surface area contributed by atoms with Crippen molar-refractivity contribution < 1.29 is 17.9 Å². The Balaban J connectivity index is 2.10. The molecule has 1 aliphatic rings. The molecule has 0 radical (unpaired) electrons. The van der Waals surface area contributed by atoms with Gasteiger partial charge in [-0.25, -0.2) is 5.84 Å². The lowest BCUT2D eigenvalue weighted by Crippen LogP contribution is -2.40. The summed E-state index contributed by atoms with van der Waals surface area (Å²) in [5, 5.41) is 0. The Labute approximate surface area is 119 Å². The molecule has 0 saturated carbocycles. The summed E-state index contributed by atoms with van der Waals surface area (Å²) in [6.07, 6.45) is -4.11. The van der Waals surface area contributed by atoms with E-state index in [9.17, 15) is 13.2 Å². The summed E-state index contributed by atoms with van der Waals surface area (Å²) in [6.45, 7) is 2.59. The maximum Gasteiger partial charge on any atom is 0.391 e. The lowest BCUT2D eigenvalue weighted by Gasteiger charge is -2.32. The molecule has 0 atom stereocenters. The Morgan fingerprint density at radius 2 is 1.95 bits per heavy atom. The van der Waals surface area contributed by atoms with Crippen LogP contribution in [0.15, 0.2) is 0 Å². The number of hydrogen-bond acceptors (Lipinski definition) is 7. The molecule has 0 aliphatic carbocycles. The molecule has 3 N–H and O–H groups in total. The Bertz CT molecular complexity index is 476. The molecule has 1 aromatic rings. The van der Waals surface area contributed by atoms with E-state index in [1.165, 1.54) is 0 Å². The third-order valence-electron chi connectivity index (χ3n) is 3.25. The van der Waals surface area contributed by atoms with Crippen molar-refractivity contribution in [3.63, 3.8) is 0 Å². The highest BCUT2D eigenvalue weighted by molar-refractivity contribution is 5.38. The van der Waals surface area contributed by atoms with E-state index >= 15 is 0 Å². The van der Waals surface area contributed by atoms with Crippen LogP contribution in [0.25, 0.3) is 0 Å². The number of nitrogens with zero attached hydrogens (tertiary/aromatic N) is 4. The van der Waals surface area contributed by atoms with Crippen molar-refractivity contribution in [3.05, 3.63) is 0 Å². The zero-order valence-electron chi connectivity index (χ0n) is 11.5. The van der Waals surface area contributed by atoms with Gasteiger partial charge in [-0.05, 0) is 19.8 Å². The van der Waals surface area contributed by atoms with Gasteiger partial charge in [0.25, 0.3) is 0 Å². The zero-order chi connectivity index (χ0) is 15.5. The third-order valence-corrected chi connectivity index (χ3v) is 3.25. The number of alkyl halides is 3. The zero-order valence-corrected chi connectivity index (χ0v) is 11.5. The van der Waals surface area contributed by atoms with Gasteiger partial charge in [0.15, 0.2) is 0 Å². The van der Waals surface area contributed by atoms with Gasteiger partial charge >= 0.3 is 12.2 Å². The number of aromatic nitrogens is 3. The Kier molecular flexibility index (Phi) is 4.66. The van der Waals surface area contributed by atoms with E-state index < -0.39 is 12.1 Å². The monoisotopic (exact) mass is 306 g/mol. The summed E-state index contributed by atoms with van der Waals surface area (Å²) in [7, 11) is 0. The normalized spacial score (nSPS) is 16.9. The molecule has 10 heteroatoms. The quantitative estimate of drug-likeness (QED) is 0.641. The smallest absolute Gasteiger partial charge is 0.391 e. The molecule has 7 nitrogen and oxygen atoms in total. The second-order valence-electron chi connectivity index (χ2n) is 4.62. The predicted molar refractivity (Wildman–Crippen MR) is 69.8 cm³/mol. The topological polar surface area (TPSA) is 89.2 Å². The molecular weight excluding hydrogens is 289 g/mol. The molecule has 1 saturated heterocycles. The van der Waals surface area contributed by atoms with Crippen LogP contribution in [0, 0.1) is 5.92 Å². The number of hydrazine groups is 1. The summed E-state index contributed by atoms with van der Waals surface area (Å²) < 4.78 is 43.1. The number of nitrogen functional groups attached to an aromatic ring is 1. The summed E-state index contributed by atoms with van der Waals surface area (Å²) in [6, 6.07) is 0.0911. The first-order valence-corrected chi connectivity index (χ1v) is 6.61. The van der Waals surface area contributed by atoms with Gasteiger partial charge < -0.3 is 9.64 Å². The van der Waals surface area contributed by atoms with Gasteiger partial charge in [0.05, 0.1) is 12.5 Å². The molecule has 0 unspecified atom stereocenters. The number of nitrogens with one attached hydrogen (secondary N) is 1. The minimum atomic E-state index is -4.15. The van der Waals surface area contributed by atoms with Crippen molar-refractivity contribution in [2.45, 2.75) is 25.9 Å². The van der Waals surface area contributed by atoms with E-state index in [0.717, 1.165) is 0 Å². The van der Waals surface area contributed by atoms with Crippen LogP contribution in [-0.4, -0.2) is 40.8 Å². The second-order valence-corrected chi connectivity index (χ2v) is 4.62. The van der Waals surface area contributed by atoms with Crippen molar-refractivity contribution >= 4 is 11.9 Å². The molecule has 2 rings (SSSR count). The Hall–Kier alpha value is -1.84. The average molecular weight is 306 g/mol. The highest BCUT2D eigenvalue weighted by atomic mass is 19.4. The summed E-state index contributed by atoms with van der Waals surface area (Å²) in [4.78, 5) is 13.7. The number of nitrogens with two attached hydrogens (primary N) is 1. The lowest BCUT2D eigenvalue weighted by atomic mass is 9.96. The van der Waals surface area contributed by atoms with Gasteiger partial charge in [-0.2, -0.15) is 28.1 Å². The van der Waals surface area contributed by atoms with Gasteiger partial charge in [0, 0.05) is 13.1 Å². The third kappa shape index (κ3) is 3.84. The van der Waals surface area contributed by atoms with Crippen LogP contribution in [0.4, 0.5) is 25.1 Å². The number of ether oxygens (including phenoxy) is 1. The number of piperidine rings is 1. The van der Waals surface area contributed by atoms with Gasteiger partial charge in [-0.15, -0.1) is 0 Å². The molecule has 0 bridgehead atoms. The van der Waals surface area contributed by atoms with Crippen LogP contribution in [-0.2, 0) is 0 Å². The van der Waals surface area contributed by atoms with E-state index in [0.29, 0.717) is 6.61 Å². The van der Waals surface area contributed by atoms with E-state index in [2.05, 4.69) is 20.4 Å². The minimum absolute atomic E-state index is 0.0184. The fourth-order valence-electron chi connectivity index (χ4n) is 2.15. The highest BCUT2D eigenvalue weighted by Gasteiger charge is 2.41. The van der Waals surface area contributed by atoms with E-state index in [1.54, 1.807) is 11.8 Å². The summed E-state index contributed by atoms with van der Waals surface area (Å²) in [5.74, 6) is 4.38. The van der Waals surface area contributed by atoms with Crippen LogP contribution in [0.3, 0.4) is 0 Å². The van der Waals surface area contributed by atoms with Crippen LogP contribution < -0.4 is 20.9 Å². The maximum atomic E-state index is 12.6. The fourth-order valence-corrected chi connectivity index (χ4v) is 2.15. The Morgan fingerprint density at radius 1 is 1.29 bits per heavy atom. The molecule has 0 aromatic carbocycles. The molecule has 21 heavy (non-hydrogen) atoms. The molecule has 0 amide bonds. The molecule has 0 spiro atoms. The first-order chi connectivity index (χ1) is 9.94. The predicted octanol–water partition coefficient (Wildman–Crippen LogP) is 1.33. The average Bonchev–Trinajstić information content (AvgIpc) is 2.46. The molecule has 118 valence electrons. The Morgan fingerprint density at radius 3 is 2.48 bits per heavy atom. The molecular formula is C11H17F3N6O. The largest absolute Gasteiger partial charge is 0.464 e. The number of hydrogen-bond donors (Lipinski definition) is 2. The number of halogens is 3. The van der Waals surface area contributed by atoms with Gasteiger partial charge in [-0.3, -0.25) is 5.43 Å². The van der Waals surface area contributed by atoms with Crippen LogP contribution in [0.5, 0.6) is 6.01 Å². The van der Waals surface area contributed by atoms with Crippen molar-refractivity contribution in [2.24, 2.45) is 11.8 Å². The van der Waals surface area contributed by atoms with E-state index in [-0.39, 0.29) is 43.8 Å². The fraction of sp³-hybridized carbons (Fsp3) is 0.727. The highest BCUT2D eigenvalue weighted by Crippen LogP contribution is 2.34. The standard InChI is InChI=1S/C11H17F3N6O/c1-2-21-10-17-8(19-15)16-9(18-10)20-5-3-7(4-6-20)11(12,13)14/h7H,2-6,15H2,1H3,(H,16,17,18,19). The van der Waals surface area contributed by atoms with Crippen LogP contribution in [0.1, 0.15) is 19.8 Å². The SMILES string of the molecule is CCOc1nc(NN)nc(N2CCC(C(F)(F)F)CC2)n1. The second kappa shape index (κ2) is 6.29. The summed E-state index contributed by atoms with van der Waals surface area (Å²) in [5.41, 5.74) is 2.29. The first kappa shape index (κ1) is 15.5. The first-order valence-electron chi connectivity index (χ1n) is 6.61. The van der Waals surface area contributed by atoms with Crippen LogP contribution >= 0.6 is 0 Å². The van der Waals surface area contributed by atoms with Crippen molar-refractivity contribution in [3.8, 4) is 6.01 Å². The molecule has 1 aliphatic heterocycles. The van der Waals surface area contributed by atoms with Crippen molar-refractivity contribution in [1.29, 1.82) is 0 Å². The van der Waals surface area contributed by atoms with E-state index in [1.807, 2.05) is 0 Å². The minimum Gasteiger partial charge on any atom is -0.464 e. The van der Waals surface area contributed by atoms with Gasteiger partial charge in [0.1, 0.15) is 0 Å². The maximum absolute atomic E-state index is 12.6. The van der Waals surface area contributed by atoms with Gasteiger partial charge in [-0.1, -0.05) is 0 Å². The van der Waals surface area contributed by atoms with Crippen molar-refractivity contribution in [2.75, 3.05) is 30.0 Å². The number of rotatable bonds is 4. The van der Waals surface area contributed by atoms with E-state index in [4.69, 9.17) is 10.6 Å².